The fraction of sp³-hybridized carbons (Fsp3) is 0.500. The third-order valence-electron chi connectivity index (χ3n) is 6.62. The van der Waals surface area contributed by atoms with Crippen LogP contribution >= 0.6 is 0 Å². The molecule has 0 spiro atoms. The fourth-order valence-corrected chi connectivity index (χ4v) is 5.03. The van der Waals surface area contributed by atoms with Gasteiger partial charge in [0.05, 0.1) is 25.0 Å². The van der Waals surface area contributed by atoms with Gasteiger partial charge in [-0.25, -0.2) is 0 Å². The van der Waals surface area contributed by atoms with Crippen LogP contribution in [-0.4, -0.2) is 19.2 Å². The standard InChI is InChI=1S/C22H26O3/c1-16-8-9-19-21(16)11-10-17(2)22(19,15-25-20(23)12-21)14-24-13-18-6-4-3-5-7-18/h3-7,9,16H,2,8,10-15H2,1H3/t16-,21-,22+/m1/s1. The monoisotopic (exact) mass is 338 g/mol. The molecule has 3 aliphatic rings. The molecule has 2 bridgehead atoms. The van der Waals surface area contributed by atoms with Crippen molar-refractivity contribution in [2.45, 2.75) is 39.2 Å². The van der Waals surface area contributed by atoms with E-state index >= 15 is 0 Å². The summed E-state index contributed by atoms with van der Waals surface area (Å²) in [7, 11) is 0. The number of carbonyl (C=O) groups is 1. The molecule has 2 aliphatic carbocycles. The Morgan fingerprint density at radius 3 is 2.92 bits per heavy atom. The van der Waals surface area contributed by atoms with Crippen LogP contribution in [0.5, 0.6) is 0 Å². The number of allylic oxidation sites excluding steroid dienone is 1. The van der Waals surface area contributed by atoms with Gasteiger partial charge in [0, 0.05) is 5.41 Å². The number of ether oxygens (including phenoxy) is 2. The summed E-state index contributed by atoms with van der Waals surface area (Å²) >= 11 is 0. The lowest BCUT2D eigenvalue weighted by Gasteiger charge is -2.48. The number of rotatable bonds is 4. The molecule has 1 saturated carbocycles. The summed E-state index contributed by atoms with van der Waals surface area (Å²) in [6, 6.07) is 10.2. The highest BCUT2D eigenvalue weighted by molar-refractivity contribution is 5.73. The zero-order valence-corrected chi connectivity index (χ0v) is 14.9. The van der Waals surface area contributed by atoms with E-state index in [2.05, 4.69) is 31.7 Å². The molecule has 0 aromatic heterocycles. The Morgan fingerprint density at radius 2 is 2.12 bits per heavy atom. The van der Waals surface area contributed by atoms with Gasteiger partial charge in [-0.3, -0.25) is 4.79 Å². The highest BCUT2D eigenvalue weighted by Gasteiger charge is 2.58. The van der Waals surface area contributed by atoms with Gasteiger partial charge in [0.25, 0.3) is 0 Å². The molecule has 3 heteroatoms. The van der Waals surface area contributed by atoms with Gasteiger partial charge in [-0.1, -0.05) is 61.1 Å². The lowest BCUT2D eigenvalue weighted by molar-refractivity contribution is -0.146. The summed E-state index contributed by atoms with van der Waals surface area (Å²) in [5.41, 5.74) is 3.29. The summed E-state index contributed by atoms with van der Waals surface area (Å²) < 4.78 is 11.8. The molecule has 1 aromatic rings. The van der Waals surface area contributed by atoms with Crippen LogP contribution in [-0.2, 0) is 20.9 Å². The average molecular weight is 338 g/mol. The highest BCUT2D eigenvalue weighted by atomic mass is 16.5. The molecular weight excluding hydrogens is 312 g/mol. The Labute approximate surface area is 149 Å². The lowest BCUT2D eigenvalue weighted by atomic mass is 9.55. The summed E-state index contributed by atoms with van der Waals surface area (Å²) in [5.74, 6) is 0.411. The van der Waals surface area contributed by atoms with Crippen molar-refractivity contribution in [1.29, 1.82) is 0 Å². The molecular formula is C22H26O3. The minimum Gasteiger partial charge on any atom is -0.464 e. The van der Waals surface area contributed by atoms with Crippen molar-refractivity contribution in [3.05, 3.63) is 59.7 Å². The minimum absolute atomic E-state index is 0.0507. The van der Waals surface area contributed by atoms with Crippen molar-refractivity contribution in [3.8, 4) is 0 Å². The van der Waals surface area contributed by atoms with Gasteiger partial charge in [0.2, 0.25) is 0 Å². The van der Waals surface area contributed by atoms with E-state index in [0.29, 0.717) is 32.2 Å². The Kier molecular flexibility index (Phi) is 4.07. The number of hydrogen-bond acceptors (Lipinski definition) is 3. The molecule has 1 heterocycles. The summed E-state index contributed by atoms with van der Waals surface area (Å²) in [6.07, 6.45) is 5.86. The van der Waals surface area contributed by atoms with Crippen molar-refractivity contribution >= 4 is 5.97 Å². The zero-order valence-electron chi connectivity index (χ0n) is 14.9. The molecule has 2 fully saturated rings. The van der Waals surface area contributed by atoms with Gasteiger partial charge in [0.15, 0.2) is 0 Å². The van der Waals surface area contributed by atoms with Crippen molar-refractivity contribution in [3.63, 3.8) is 0 Å². The molecule has 132 valence electrons. The van der Waals surface area contributed by atoms with E-state index in [1.807, 2.05) is 18.2 Å². The fourth-order valence-electron chi connectivity index (χ4n) is 5.03. The number of benzene rings is 1. The zero-order chi connectivity index (χ0) is 17.5. The SMILES string of the molecule is C=C1CC[C@]23CC(=O)OC[C@]1(COCc1ccccc1)C2=CC[C@H]3C. The van der Waals surface area contributed by atoms with Crippen molar-refractivity contribution in [2.24, 2.45) is 16.7 Å². The van der Waals surface area contributed by atoms with E-state index in [-0.39, 0.29) is 16.8 Å². The second-order valence-corrected chi connectivity index (χ2v) is 7.91. The Bertz CT molecular complexity index is 720. The van der Waals surface area contributed by atoms with E-state index < -0.39 is 0 Å². The van der Waals surface area contributed by atoms with E-state index in [4.69, 9.17) is 9.47 Å². The smallest absolute Gasteiger partial charge is 0.306 e. The number of hydrogen-bond donors (Lipinski definition) is 0. The predicted molar refractivity (Wildman–Crippen MR) is 96.8 cm³/mol. The second kappa shape index (κ2) is 6.14. The Balaban J connectivity index is 1.62. The van der Waals surface area contributed by atoms with Gasteiger partial charge < -0.3 is 9.47 Å². The first-order valence-corrected chi connectivity index (χ1v) is 9.23. The minimum atomic E-state index is -0.343. The van der Waals surface area contributed by atoms with Crippen molar-refractivity contribution in [1.82, 2.24) is 0 Å². The van der Waals surface area contributed by atoms with E-state index in [0.717, 1.165) is 30.4 Å². The summed E-state index contributed by atoms with van der Waals surface area (Å²) in [5, 5.41) is 0. The Morgan fingerprint density at radius 1 is 1.32 bits per heavy atom. The number of carbonyl (C=O) groups excluding carboxylic acids is 1. The average Bonchev–Trinajstić information content (AvgIpc) is 2.90. The third-order valence-corrected chi connectivity index (χ3v) is 6.62. The van der Waals surface area contributed by atoms with Crippen LogP contribution in [0.4, 0.5) is 0 Å². The van der Waals surface area contributed by atoms with Crippen LogP contribution in [0.25, 0.3) is 0 Å². The molecule has 3 atom stereocenters. The van der Waals surface area contributed by atoms with Crippen LogP contribution in [0.3, 0.4) is 0 Å². The van der Waals surface area contributed by atoms with E-state index in [9.17, 15) is 4.79 Å². The molecule has 0 N–H and O–H groups in total. The third kappa shape index (κ3) is 2.56. The van der Waals surface area contributed by atoms with Gasteiger partial charge in [-0.15, -0.1) is 0 Å². The molecule has 1 aromatic carbocycles. The van der Waals surface area contributed by atoms with E-state index in [1.54, 1.807) is 0 Å². The molecule has 0 amide bonds. The second-order valence-electron chi connectivity index (χ2n) is 7.91. The molecule has 1 aliphatic heterocycles. The number of esters is 1. The molecule has 25 heavy (non-hydrogen) atoms. The largest absolute Gasteiger partial charge is 0.464 e. The van der Waals surface area contributed by atoms with Crippen LogP contribution in [0.1, 0.15) is 38.2 Å². The maximum atomic E-state index is 12.3. The first-order valence-electron chi connectivity index (χ1n) is 9.23. The van der Waals surface area contributed by atoms with Crippen LogP contribution in [0.15, 0.2) is 54.1 Å². The number of cyclic esters (lactones) is 1. The van der Waals surface area contributed by atoms with E-state index in [1.165, 1.54) is 5.57 Å². The van der Waals surface area contributed by atoms with Crippen molar-refractivity contribution < 1.29 is 14.3 Å². The van der Waals surface area contributed by atoms with Crippen LogP contribution < -0.4 is 0 Å². The maximum absolute atomic E-state index is 12.3. The van der Waals surface area contributed by atoms with Gasteiger partial charge in [-0.05, 0) is 30.7 Å². The first-order chi connectivity index (χ1) is 12.1. The van der Waals surface area contributed by atoms with Gasteiger partial charge in [0.1, 0.15) is 6.61 Å². The lowest BCUT2D eigenvalue weighted by Crippen LogP contribution is -2.45. The van der Waals surface area contributed by atoms with Gasteiger partial charge >= 0.3 is 5.97 Å². The predicted octanol–water partition coefficient (Wildman–Crippen LogP) is 4.44. The van der Waals surface area contributed by atoms with Crippen LogP contribution in [0.2, 0.25) is 0 Å². The molecule has 0 radical (unpaired) electrons. The topological polar surface area (TPSA) is 35.5 Å². The normalized spacial score (nSPS) is 34.1. The quantitative estimate of drug-likeness (QED) is 0.601. The van der Waals surface area contributed by atoms with Crippen molar-refractivity contribution in [2.75, 3.05) is 13.2 Å². The molecule has 3 nitrogen and oxygen atoms in total. The molecule has 4 rings (SSSR count). The highest BCUT2D eigenvalue weighted by Crippen LogP contribution is 2.63. The van der Waals surface area contributed by atoms with Crippen LogP contribution in [0, 0.1) is 16.7 Å². The Hall–Kier alpha value is -1.87. The summed E-state index contributed by atoms with van der Waals surface area (Å²) in [6.45, 7) is 8.12. The molecule has 0 unspecified atom stereocenters. The molecule has 1 saturated heterocycles. The van der Waals surface area contributed by atoms with Gasteiger partial charge in [-0.2, -0.15) is 0 Å². The first kappa shape index (κ1) is 16.6. The maximum Gasteiger partial charge on any atom is 0.306 e. The summed E-state index contributed by atoms with van der Waals surface area (Å²) in [4.78, 5) is 12.3.